The van der Waals surface area contributed by atoms with Gasteiger partial charge in [-0.2, -0.15) is 5.10 Å². The first kappa shape index (κ1) is 17.7. The standard InChI is InChI=1S/C21H22N2O3/c1-2-26-20(25)14-18-15-23(13-12-16-8-10-19(24)11-9-16)22-21(18)17-6-4-3-5-7-17/h3-11,15,24H,2,12-14H2,1H3. The van der Waals surface area contributed by atoms with Crippen LogP contribution in [-0.2, 0) is 28.9 Å². The highest BCUT2D eigenvalue weighted by Gasteiger charge is 2.15. The molecule has 0 aliphatic carbocycles. The van der Waals surface area contributed by atoms with Crippen LogP contribution in [0.1, 0.15) is 18.1 Å². The molecule has 1 aromatic heterocycles. The first-order valence-electron chi connectivity index (χ1n) is 8.71. The molecule has 0 atom stereocenters. The molecule has 26 heavy (non-hydrogen) atoms. The minimum atomic E-state index is -0.247. The molecule has 134 valence electrons. The van der Waals surface area contributed by atoms with Gasteiger partial charge >= 0.3 is 5.97 Å². The Morgan fingerprint density at radius 1 is 1.12 bits per heavy atom. The normalized spacial score (nSPS) is 10.7. The molecule has 0 unspecified atom stereocenters. The molecule has 0 radical (unpaired) electrons. The molecule has 3 aromatic rings. The Kier molecular flexibility index (Phi) is 5.69. The van der Waals surface area contributed by atoms with Gasteiger partial charge in [-0.25, -0.2) is 0 Å². The molecule has 0 saturated carbocycles. The number of rotatable bonds is 7. The molecule has 0 amide bonds. The summed E-state index contributed by atoms with van der Waals surface area (Å²) in [6.07, 6.45) is 2.91. The molecule has 1 N–H and O–H groups in total. The van der Waals surface area contributed by atoms with Crippen molar-refractivity contribution in [1.29, 1.82) is 0 Å². The first-order chi connectivity index (χ1) is 12.7. The number of aromatic nitrogens is 2. The van der Waals surface area contributed by atoms with Crippen LogP contribution in [0.25, 0.3) is 11.3 Å². The number of aromatic hydroxyl groups is 1. The highest BCUT2D eigenvalue weighted by molar-refractivity contribution is 5.76. The summed E-state index contributed by atoms with van der Waals surface area (Å²) in [4.78, 5) is 11.9. The van der Waals surface area contributed by atoms with Gasteiger partial charge in [-0.1, -0.05) is 42.5 Å². The molecule has 0 aliphatic rings. The zero-order chi connectivity index (χ0) is 18.4. The summed E-state index contributed by atoms with van der Waals surface area (Å²) in [5, 5.41) is 14.1. The molecular weight excluding hydrogens is 328 g/mol. The largest absolute Gasteiger partial charge is 0.508 e. The second-order valence-electron chi connectivity index (χ2n) is 6.03. The van der Waals surface area contributed by atoms with Crippen LogP contribution in [0.4, 0.5) is 0 Å². The van der Waals surface area contributed by atoms with Crippen LogP contribution in [0.3, 0.4) is 0 Å². The lowest BCUT2D eigenvalue weighted by molar-refractivity contribution is -0.142. The first-order valence-corrected chi connectivity index (χ1v) is 8.71. The third kappa shape index (κ3) is 4.51. The van der Waals surface area contributed by atoms with Gasteiger partial charge in [0.1, 0.15) is 5.75 Å². The van der Waals surface area contributed by atoms with Crippen molar-refractivity contribution in [3.63, 3.8) is 0 Å². The van der Waals surface area contributed by atoms with Crippen molar-refractivity contribution in [3.05, 3.63) is 71.9 Å². The molecule has 2 aromatic carbocycles. The molecule has 1 heterocycles. The number of phenols is 1. The number of carbonyl (C=O) groups excluding carboxylic acids is 1. The lowest BCUT2D eigenvalue weighted by atomic mass is 10.1. The lowest BCUT2D eigenvalue weighted by Crippen LogP contribution is -2.07. The average molecular weight is 350 g/mol. The predicted molar refractivity (Wildman–Crippen MR) is 99.8 cm³/mol. The third-order valence-corrected chi connectivity index (χ3v) is 4.09. The number of ether oxygens (including phenoxy) is 1. The van der Waals surface area contributed by atoms with E-state index in [1.807, 2.05) is 53.3 Å². The fourth-order valence-electron chi connectivity index (χ4n) is 2.82. The van der Waals surface area contributed by atoms with Crippen LogP contribution >= 0.6 is 0 Å². The monoisotopic (exact) mass is 350 g/mol. The van der Waals surface area contributed by atoms with Crippen molar-refractivity contribution in [1.82, 2.24) is 9.78 Å². The Morgan fingerprint density at radius 3 is 2.54 bits per heavy atom. The minimum Gasteiger partial charge on any atom is -0.508 e. The maximum absolute atomic E-state index is 11.9. The number of carbonyl (C=O) groups is 1. The molecule has 5 heteroatoms. The number of phenolic OH excluding ortho intramolecular Hbond substituents is 1. The highest BCUT2D eigenvalue weighted by atomic mass is 16.5. The number of esters is 1. The molecule has 0 saturated heterocycles. The molecule has 0 aliphatic heterocycles. The summed E-state index contributed by atoms with van der Waals surface area (Å²) in [6.45, 7) is 2.86. The Morgan fingerprint density at radius 2 is 1.85 bits per heavy atom. The number of aryl methyl sites for hydroxylation is 2. The van der Waals surface area contributed by atoms with Crippen molar-refractivity contribution in [3.8, 4) is 17.0 Å². The Balaban J connectivity index is 1.80. The van der Waals surface area contributed by atoms with Gasteiger partial charge in [-0.15, -0.1) is 0 Å². The van der Waals surface area contributed by atoms with Gasteiger partial charge in [0.2, 0.25) is 0 Å². The van der Waals surface area contributed by atoms with E-state index in [1.165, 1.54) is 0 Å². The second-order valence-corrected chi connectivity index (χ2v) is 6.03. The van der Waals surface area contributed by atoms with E-state index in [1.54, 1.807) is 19.1 Å². The summed E-state index contributed by atoms with van der Waals surface area (Å²) in [5.41, 5.74) is 3.77. The fourth-order valence-corrected chi connectivity index (χ4v) is 2.82. The number of benzene rings is 2. The van der Waals surface area contributed by atoms with Gasteiger partial charge in [0.25, 0.3) is 0 Å². The van der Waals surface area contributed by atoms with E-state index in [-0.39, 0.29) is 18.1 Å². The van der Waals surface area contributed by atoms with Crippen molar-refractivity contribution in [2.24, 2.45) is 0 Å². The lowest BCUT2D eigenvalue weighted by Gasteiger charge is -2.03. The van der Waals surface area contributed by atoms with Crippen LogP contribution in [-0.4, -0.2) is 27.5 Å². The van der Waals surface area contributed by atoms with E-state index in [0.29, 0.717) is 13.2 Å². The second kappa shape index (κ2) is 8.34. The summed E-state index contributed by atoms with van der Waals surface area (Å²) in [6, 6.07) is 17.0. The van der Waals surface area contributed by atoms with Crippen molar-refractivity contribution < 1.29 is 14.6 Å². The van der Waals surface area contributed by atoms with E-state index in [0.717, 1.165) is 28.8 Å². The van der Waals surface area contributed by atoms with Gasteiger partial charge < -0.3 is 9.84 Å². The SMILES string of the molecule is CCOC(=O)Cc1cn(CCc2ccc(O)cc2)nc1-c1ccccc1. The third-order valence-electron chi connectivity index (χ3n) is 4.09. The minimum absolute atomic E-state index is 0.206. The van der Waals surface area contributed by atoms with Gasteiger partial charge in [-0.05, 0) is 31.0 Å². The quantitative estimate of drug-likeness (QED) is 0.661. The van der Waals surface area contributed by atoms with Crippen molar-refractivity contribution in [2.75, 3.05) is 6.61 Å². The number of hydrogen-bond donors (Lipinski definition) is 1. The fraction of sp³-hybridized carbons (Fsp3) is 0.238. The van der Waals surface area contributed by atoms with Crippen molar-refractivity contribution >= 4 is 5.97 Å². The van der Waals surface area contributed by atoms with Gasteiger partial charge in [-0.3, -0.25) is 9.48 Å². The smallest absolute Gasteiger partial charge is 0.310 e. The van der Waals surface area contributed by atoms with Crippen LogP contribution in [0.2, 0.25) is 0 Å². The molecule has 5 nitrogen and oxygen atoms in total. The molecule has 0 bridgehead atoms. The van der Waals surface area contributed by atoms with Crippen LogP contribution < -0.4 is 0 Å². The maximum atomic E-state index is 11.9. The topological polar surface area (TPSA) is 64.3 Å². The summed E-state index contributed by atoms with van der Waals surface area (Å²) >= 11 is 0. The zero-order valence-electron chi connectivity index (χ0n) is 14.8. The molecule has 3 rings (SSSR count). The summed E-state index contributed by atoms with van der Waals surface area (Å²) < 4.78 is 6.95. The van der Waals surface area contributed by atoms with Gasteiger partial charge in [0.15, 0.2) is 0 Å². The maximum Gasteiger partial charge on any atom is 0.310 e. The molecule has 0 fully saturated rings. The zero-order valence-corrected chi connectivity index (χ0v) is 14.8. The van der Waals surface area contributed by atoms with E-state index < -0.39 is 0 Å². The molecular formula is C21H22N2O3. The van der Waals surface area contributed by atoms with Crippen LogP contribution in [0.5, 0.6) is 5.75 Å². The number of hydrogen-bond acceptors (Lipinski definition) is 4. The van der Waals surface area contributed by atoms with E-state index in [2.05, 4.69) is 5.10 Å². The highest BCUT2D eigenvalue weighted by Crippen LogP contribution is 2.23. The van der Waals surface area contributed by atoms with Gasteiger partial charge in [0.05, 0.1) is 18.7 Å². The Bertz CT molecular complexity index is 855. The molecule has 0 spiro atoms. The summed E-state index contributed by atoms with van der Waals surface area (Å²) in [7, 11) is 0. The van der Waals surface area contributed by atoms with E-state index in [4.69, 9.17) is 4.74 Å². The number of nitrogens with zero attached hydrogens (tertiary/aromatic N) is 2. The van der Waals surface area contributed by atoms with Crippen molar-refractivity contribution in [2.45, 2.75) is 26.3 Å². The van der Waals surface area contributed by atoms with Crippen LogP contribution in [0.15, 0.2) is 60.8 Å². The van der Waals surface area contributed by atoms with E-state index in [9.17, 15) is 9.90 Å². The summed E-state index contributed by atoms with van der Waals surface area (Å²) in [5.74, 6) is 0.0127. The Labute approximate surface area is 152 Å². The van der Waals surface area contributed by atoms with E-state index >= 15 is 0 Å². The van der Waals surface area contributed by atoms with Crippen LogP contribution in [0, 0.1) is 0 Å². The van der Waals surface area contributed by atoms with Gasteiger partial charge in [0, 0.05) is 23.9 Å². The Hall–Kier alpha value is -3.08. The average Bonchev–Trinajstić information content (AvgIpc) is 3.05. The predicted octanol–water partition coefficient (Wildman–Crippen LogP) is 3.60.